The number of hydrogen-bond donors (Lipinski definition) is 4. The molecule has 126 valence electrons. The molecule has 0 aromatic heterocycles. The van der Waals surface area contributed by atoms with Gasteiger partial charge in [-0.1, -0.05) is 30.5 Å². The van der Waals surface area contributed by atoms with Crippen molar-refractivity contribution in [2.24, 2.45) is 0 Å². The lowest BCUT2D eigenvalue weighted by Gasteiger charge is -2.15. The van der Waals surface area contributed by atoms with Crippen LogP contribution >= 0.6 is 11.6 Å². The lowest BCUT2D eigenvalue weighted by Crippen LogP contribution is -2.42. The second-order valence-corrected chi connectivity index (χ2v) is 5.43. The van der Waals surface area contributed by atoms with Gasteiger partial charge in [0.25, 0.3) is 0 Å². The molecule has 0 fully saturated rings. The number of aliphatic carboxylic acids is 2. The predicted molar refractivity (Wildman–Crippen MR) is 85.8 cm³/mol. The minimum Gasteiger partial charge on any atom is -0.481 e. The number of nitrogens with one attached hydrogen (secondary N) is 2. The van der Waals surface area contributed by atoms with E-state index in [4.69, 9.17) is 21.8 Å². The van der Waals surface area contributed by atoms with Crippen molar-refractivity contribution in [3.05, 3.63) is 29.3 Å². The van der Waals surface area contributed by atoms with Crippen molar-refractivity contribution in [3.8, 4) is 0 Å². The van der Waals surface area contributed by atoms with Gasteiger partial charge in [0.1, 0.15) is 6.04 Å². The first-order valence-electron chi connectivity index (χ1n) is 7.16. The maximum Gasteiger partial charge on any atom is 0.326 e. The monoisotopic (exact) mass is 342 g/mol. The molecule has 2 amide bonds. The first-order chi connectivity index (χ1) is 10.9. The van der Waals surface area contributed by atoms with Gasteiger partial charge in [0.05, 0.1) is 0 Å². The summed E-state index contributed by atoms with van der Waals surface area (Å²) >= 11 is 5.80. The number of carboxylic acid groups (broad SMARTS) is 2. The summed E-state index contributed by atoms with van der Waals surface area (Å²) in [5, 5.41) is 23.0. The standard InChI is InChI=1S/C15H19ClN2O5/c16-10-5-4-6-11(9-10)17-15(23)18-12(14(21)22)7-2-1-3-8-13(19)20/h4-6,9,12H,1-3,7-8H2,(H,19,20)(H,21,22)(H2,17,18,23). The molecule has 4 N–H and O–H groups in total. The Morgan fingerprint density at radius 3 is 2.48 bits per heavy atom. The molecule has 0 aliphatic carbocycles. The second-order valence-electron chi connectivity index (χ2n) is 4.99. The Kier molecular flexibility index (Phi) is 7.90. The Bertz CT molecular complexity index is 565. The summed E-state index contributed by atoms with van der Waals surface area (Å²) in [6, 6.07) is 4.83. The Morgan fingerprint density at radius 2 is 1.87 bits per heavy atom. The highest BCUT2D eigenvalue weighted by molar-refractivity contribution is 6.30. The smallest absolute Gasteiger partial charge is 0.326 e. The van der Waals surface area contributed by atoms with Gasteiger partial charge in [0.15, 0.2) is 0 Å². The van der Waals surface area contributed by atoms with Crippen LogP contribution in [0.3, 0.4) is 0 Å². The molecular formula is C15H19ClN2O5. The number of unbranched alkanes of at least 4 members (excludes halogenated alkanes) is 2. The zero-order valence-electron chi connectivity index (χ0n) is 12.4. The summed E-state index contributed by atoms with van der Waals surface area (Å²) in [7, 11) is 0. The number of urea groups is 1. The van der Waals surface area contributed by atoms with Crippen LogP contribution in [0.2, 0.25) is 5.02 Å². The average molecular weight is 343 g/mol. The minimum absolute atomic E-state index is 0.0560. The second kappa shape index (κ2) is 9.68. The van der Waals surface area contributed by atoms with Gasteiger partial charge in [-0.2, -0.15) is 0 Å². The zero-order valence-corrected chi connectivity index (χ0v) is 13.2. The molecule has 0 spiro atoms. The highest BCUT2D eigenvalue weighted by Crippen LogP contribution is 2.15. The third-order valence-electron chi connectivity index (χ3n) is 3.07. The van der Waals surface area contributed by atoms with E-state index in [2.05, 4.69) is 10.6 Å². The number of rotatable bonds is 9. The lowest BCUT2D eigenvalue weighted by molar-refractivity contribution is -0.139. The van der Waals surface area contributed by atoms with E-state index in [1.54, 1.807) is 24.3 Å². The van der Waals surface area contributed by atoms with Crippen LogP contribution in [0.25, 0.3) is 0 Å². The van der Waals surface area contributed by atoms with Gasteiger partial charge in [-0.05, 0) is 31.0 Å². The molecule has 0 bridgehead atoms. The van der Waals surface area contributed by atoms with Crippen LogP contribution in [0.15, 0.2) is 24.3 Å². The first kappa shape index (κ1) is 18.8. The number of amides is 2. The molecule has 0 aliphatic rings. The van der Waals surface area contributed by atoms with E-state index in [9.17, 15) is 14.4 Å². The van der Waals surface area contributed by atoms with Gasteiger partial charge < -0.3 is 20.8 Å². The van der Waals surface area contributed by atoms with Crippen molar-refractivity contribution in [2.75, 3.05) is 5.32 Å². The van der Waals surface area contributed by atoms with Gasteiger partial charge in [-0.15, -0.1) is 0 Å². The Labute approximate surface area is 138 Å². The molecular weight excluding hydrogens is 324 g/mol. The van der Waals surface area contributed by atoms with Crippen LogP contribution in [0.1, 0.15) is 32.1 Å². The number of carbonyl (C=O) groups excluding carboxylic acids is 1. The topological polar surface area (TPSA) is 116 Å². The van der Waals surface area contributed by atoms with Gasteiger partial charge in [-0.3, -0.25) is 4.79 Å². The van der Waals surface area contributed by atoms with Gasteiger partial charge in [-0.25, -0.2) is 9.59 Å². The molecule has 1 rings (SSSR count). The number of anilines is 1. The van der Waals surface area contributed by atoms with E-state index < -0.39 is 24.0 Å². The van der Waals surface area contributed by atoms with E-state index in [-0.39, 0.29) is 12.8 Å². The van der Waals surface area contributed by atoms with Crippen molar-refractivity contribution in [2.45, 2.75) is 38.1 Å². The molecule has 0 saturated carbocycles. The predicted octanol–water partition coefficient (Wildman–Crippen LogP) is 2.95. The number of hydrogen-bond acceptors (Lipinski definition) is 3. The molecule has 0 heterocycles. The summed E-state index contributed by atoms with van der Waals surface area (Å²) in [6.45, 7) is 0. The Morgan fingerprint density at radius 1 is 1.13 bits per heavy atom. The lowest BCUT2D eigenvalue weighted by atomic mass is 10.1. The van der Waals surface area contributed by atoms with Crippen LogP contribution < -0.4 is 10.6 Å². The SMILES string of the molecule is O=C(O)CCCCCC(NC(=O)Nc1cccc(Cl)c1)C(=O)O. The fourth-order valence-electron chi connectivity index (χ4n) is 1.95. The molecule has 0 radical (unpaired) electrons. The van der Waals surface area contributed by atoms with E-state index in [1.165, 1.54) is 0 Å². The number of carboxylic acids is 2. The summed E-state index contributed by atoms with van der Waals surface area (Å²) in [4.78, 5) is 33.3. The molecule has 23 heavy (non-hydrogen) atoms. The molecule has 0 aliphatic heterocycles. The number of halogens is 1. The van der Waals surface area contributed by atoms with Crippen LogP contribution in [-0.4, -0.2) is 34.2 Å². The summed E-state index contributed by atoms with van der Waals surface area (Å²) < 4.78 is 0. The average Bonchev–Trinajstić information content (AvgIpc) is 2.45. The number of carbonyl (C=O) groups is 3. The van der Waals surface area contributed by atoms with E-state index >= 15 is 0 Å². The quantitative estimate of drug-likeness (QED) is 0.515. The van der Waals surface area contributed by atoms with Crippen LogP contribution in [0.4, 0.5) is 10.5 Å². The Hall–Kier alpha value is -2.28. The molecule has 1 aromatic carbocycles. The van der Waals surface area contributed by atoms with Crippen LogP contribution in [0.5, 0.6) is 0 Å². The van der Waals surface area contributed by atoms with Crippen molar-refractivity contribution in [1.82, 2.24) is 5.32 Å². The summed E-state index contributed by atoms with van der Waals surface area (Å²) in [5.74, 6) is -2.01. The van der Waals surface area contributed by atoms with Gasteiger partial charge in [0.2, 0.25) is 0 Å². The molecule has 1 unspecified atom stereocenters. The van der Waals surface area contributed by atoms with E-state index in [0.29, 0.717) is 30.0 Å². The summed E-state index contributed by atoms with van der Waals surface area (Å²) in [6.07, 6.45) is 1.88. The molecule has 0 saturated heterocycles. The van der Waals surface area contributed by atoms with Crippen molar-refractivity contribution in [1.29, 1.82) is 0 Å². The fraction of sp³-hybridized carbons (Fsp3) is 0.400. The third kappa shape index (κ3) is 8.06. The van der Waals surface area contributed by atoms with Crippen molar-refractivity contribution in [3.63, 3.8) is 0 Å². The third-order valence-corrected chi connectivity index (χ3v) is 3.30. The van der Waals surface area contributed by atoms with Gasteiger partial charge in [0, 0.05) is 17.1 Å². The van der Waals surface area contributed by atoms with Crippen LogP contribution in [-0.2, 0) is 9.59 Å². The van der Waals surface area contributed by atoms with E-state index in [0.717, 1.165) is 0 Å². The molecule has 1 atom stereocenters. The molecule has 8 heteroatoms. The normalized spacial score (nSPS) is 11.5. The minimum atomic E-state index is -1.13. The Balaban J connectivity index is 2.41. The highest BCUT2D eigenvalue weighted by Gasteiger charge is 2.19. The molecule has 7 nitrogen and oxygen atoms in total. The number of benzene rings is 1. The maximum atomic E-state index is 11.8. The van der Waals surface area contributed by atoms with Crippen LogP contribution in [0, 0.1) is 0 Å². The highest BCUT2D eigenvalue weighted by atomic mass is 35.5. The largest absolute Gasteiger partial charge is 0.481 e. The summed E-state index contributed by atoms with van der Waals surface area (Å²) in [5.41, 5.74) is 0.459. The van der Waals surface area contributed by atoms with Crippen molar-refractivity contribution < 1.29 is 24.6 Å². The van der Waals surface area contributed by atoms with E-state index in [1.807, 2.05) is 0 Å². The fourth-order valence-corrected chi connectivity index (χ4v) is 2.14. The molecule has 1 aromatic rings. The maximum absolute atomic E-state index is 11.8. The first-order valence-corrected chi connectivity index (χ1v) is 7.54. The zero-order chi connectivity index (χ0) is 17.2. The van der Waals surface area contributed by atoms with Gasteiger partial charge >= 0.3 is 18.0 Å². The van der Waals surface area contributed by atoms with Crippen molar-refractivity contribution >= 4 is 35.3 Å².